The van der Waals surface area contributed by atoms with E-state index in [0.717, 1.165) is 5.52 Å². The topological polar surface area (TPSA) is 116 Å². The van der Waals surface area contributed by atoms with Gasteiger partial charge in [0, 0.05) is 17.5 Å². The normalized spacial score (nSPS) is 18.7. The molecule has 8 heteroatoms. The van der Waals surface area contributed by atoms with Gasteiger partial charge in [-0.3, -0.25) is 19.3 Å². The second-order valence-corrected chi connectivity index (χ2v) is 7.87. The predicted octanol–water partition coefficient (Wildman–Crippen LogP) is 3.46. The van der Waals surface area contributed by atoms with Crippen LogP contribution in [0.1, 0.15) is 31.5 Å². The first-order valence-electron chi connectivity index (χ1n) is 10.4. The number of aromatic hydroxyl groups is 1. The van der Waals surface area contributed by atoms with Gasteiger partial charge >= 0.3 is 0 Å². The third-order valence-corrected chi connectivity index (χ3v) is 5.85. The van der Waals surface area contributed by atoms with Crippen LogP contribution in [0.25, 0.3) is 21.9 Å². The number of hydrogen-bond acceptors (Lipinski definition) is 6. The highest BCUT2D eigenvalue weighted by molar-refractivity contribution is 6.48. The molecule has 0 spiro atoms. The first-order valence-corrected chi connectivity index (χ1v) is 10.4. The van der Waals surface area contributed by atoms with E-state index >= 15 is 0 Å². The van der Waals surface area contributed by atoms with Crippen LogP contribution in [0.5, 0.6) is 5.75 Å². The number of phenols is 1. The quantitative estimate of drug-likeness (QED) is 0.371. The smallest absolute Gasteiger partial charge is 0.295 e. The number of ketones is 2. The van der Waals surface area contributed by atoms with Crippen LogP contribution < -0.4 is 4.90 Å². The van der Waals surface area contributed by atoms with Gasteiger partial charge in [0.05, 0.1) is 29.1 Å². The van der Waals surface area contributed by atoms with Crippen LogP contribution >= 0.6 is 0 Å². The molecular weight excluding hydrogens is 408 g/mol. The number of nitrogens with zero attached hydrogens (tertiary/aromatic N) is 3. The molecule has 2 atom stereocenters. The number of hydrogen-bond donors (Lipinski definition) is 2. The number of fused-ring (bicyclic) bond motifs is 2. The van der Waals surface area contributed by atoms with Crippen molar-refractivity contribution < 1.29 is 19.5 Å². The number of amides is 1. The Morgan fingerprint density at radius 1 is 1.16 bits per heavy atom. The third kappa shape index (κ3) is 3.03. The van der Waals surface area contributed by atoms with Crippen molar-refractivity contribution in [2.75, 3.05) is 4.90 Å². The average Bonchev–Trinajstić information content (AvgIpc) is 3.36. The highest BCUT2D eigenvalue weighted by Gasteiger charge is 2.52. The number of nitrogens with one attached hydrogen (secondary N) is 1. The number of anilines is 1. The van der Waals surface area contributed by atoms with Gasteiger partial charge in [0.2, 0.25) is 5.78 Å². The molecule has 2 aromatic carbocycles. The maximum Gasteiger partial charge on any atom is 0.295 e. The number of aromatic nitrogens is 3. The molecule has 160 valence electrons. The molecule has 1 aliphatic heterocycles. The summed E-state index contributed by atoms with van der Waals surface area (Å²) >= 11 is 0. The zero-order valence-corrected chi connectivity index (χ0v) is 17.3. The minimum absolute atomic E-state index is 0.0122. The average molecular weight is 428 g/mol. The Kier molecular flexibility index (Phi) is 4.70. The van der Waals surface area contributed by atoms with Crippen LogP contribution in [0.3, 0.4) is 0 Å². The molecule has 0 saturated carbocycles. The number of carbonyl (C=O) groups excluding carboxylic acids is 3. The van der Waals surface area contributed by atoms with Gasteiger partial charge in [-0.2, -0.15) is 0 Å². The van der Waals surface area contributed by atoms with Crippen LogP contribution in [0.15, 0.2) is 54.9 Å². The number of H-pyrrole nitrogens is 1. The molecule has 1 saturated heterocycles. The monoisotopic (exact) mass is 428 g/mol. The number of imidazole rings is 1. The van der Waals surface area contributed by atoms with Crippen LogP contribution in [-0.4, -0.2) is 37.5 Å². The number of aromatic amines is 1. The lowest BCUT2D eigenvalue weighted by atomic mass is 9.89. The van der Waals surface area contributed by atoms with Crippen molar-refractivity contribution in [3.05, 3.63) is 60.6 Å². The van der Waals surface area contributed by atoms with Crippen molar-refractivity contribution in [2.24, 2.45) is 5.92 Å². The molecule has 0 bridgehead atoms. The summed E-state index contributed by atoms with van der Waals surface area (Å²) in [6.45, 7) is 1.85. The van der Waals surface area contributed by atoms with Crippen molar-refractivity contribution in [1.29, 1.82) is 0 Å². The third-order valence-electron chi connectivity index (χ3n) is 5.85. The molecule has 0 aliphatic carbocycles. The Labute approximate surface area is 182 Å². The number of Topliss-reactive ketones (excluding diaryl/α,β-unsaturated/α-hetero) is 2. The van der Waals surface area contributed by atoms with E-state index in [1.54, 1.807) is 48.8 Å². The Balaban J connectivity index is 1.70. The predicted molar refractivity (Wildman–Crippen MR) is 118 cm³/mol. The van der Waals surface area contributed by atoms with Gasteiger partial charge in [0.15, 0.2) is 0 Å². The second-order valence-electron chi connectivity index (χ2n) is 7.87. The summed E-state index contributed by atoms with van der Waals surface area (Å²) in [7, 11) is 0. The summed E-state index contributed by atoms with van der Waals surface area (Å²) in [6.07, 6.45) is 2.30. The van der Waals surface area contributed by atoms with Gasteiger partial charge in [0.1, 0.15) is 23.0 Å². The first-order chi connectivity index (χ1) is 15.5. The largest absolute Gasteiger partial charge is 0.506 e. The Morgan fingerprint density at radius 2 is 2.00 bits per heavy atom. The van der Waals surface area contributed by atoms with Crippen molar-refractivity contribution >= 4 is 45.1 Å². The molecule has 3 heterocycles. The molecule has 0 radical (unpaired) electrons. The molecule has 1 amide bonds. The minimum Gasteiger partial charge on any atom is -0.506 e. The summed E-state index contributed by atoms with van der Waals surface area (Å²) < 4.78 is 0. The molecule has 1 aliphatic rings. The van der Waals surface area contributed by atoms with E-state index in [4.69, 9.17) is 0 Å². The number of carbonyl (C=O) groups is 3. The number of benzene rings is 2. The highest BCUT2D eigenvalue weighted by atomic mass is 16.3. The maximum absolute atomic E-state index is 13.1. The molecular formula is C24H20N4O4. The van der Waals surface area contributed by atoms with E-state index in [0.29, 0.717) is 34.2 Å². The van der Waals surface area contributed by atoms with Crippen LogP contribution in [0, 0.1) is 5.92 Å². The minimum atomic E-state index is -1.16. The molecule has 8 nitrogen and oxygen atoms in total. The van der Waals surface area contributed by atoms with Gasteiger partial charge in [-0.25, -0.2) is 9.97 Å². The zero-order chi connectivity index (χ0) is 22.4. The van der Waals surface area contributed by atoms with Crippen LogP contribution in [0.2, 0.25) is 0 Å². The second kappa shape index (κ2) is 7.56. The van der Waals surface area contributed by atoms with Crippen LogP contribution in [-0.2, 0) is 14.4 Å². The van der Waals surface area contributed by atoms with E-state index in [9.17, 15) is 19.5 Å². The van der Waals surface area contributed by atoms with Crippen molar-refractivity contribution in [1.82, 2.24) is 15.0 Å². The number of rotatable bonds is 5. The van der Waals surface area contributed by atoms with Gasteiger partial charge in [-0.05, 0) is 36.8 Å². The van der Waals surface area contributed by atoms with Gasteiger partial charge in [0.25, 0.3) is 5.91 Å². The molecule has 2 unspecified atom stereocenters. The molecule has 1 fully saturated rings. The summed E-state index contributed by atoms with van der Waals surface area (Å²) in [6, 6.07) is 12.8. The van der Waals surface area contributed by atoms with E-state index in [1.165, 1.54) is 11.0 Å². The lowest BCUT2D eigenvalue weighted by Crippen LogP contribution is -2.31. The number of para-hydroxylation sites is 1. The fraction of sp³-hybridized carbons (Fsp3) is 0.208. The fourth-order valence-corrected chi connectivity index (χ4v) is 4.36. The van der Waals surface area contributed by atoms with E-state index in [1.807, 2.05) is 6.92 Å². The molecule has 2 N–H and O–H groups in total. The Hall–Kier alpha value is -4.07. The Morgan fingerprint density at radius 3 is 2.81 bits per heavy atom. The molecule has 4 aromatic rings. The molecule has 32 heavy (non-hydrogen) atoms. The van der Waals surface area contributed by atoms with Gasteiger partial charge < -0.3 is 10.1 Å². The molecule has 5 rings (SSSR count). The molecule has 2 aromatic heterocycles. The Bertz CT molecular complexity index is 1390. The fourth-order valence-electron chi connectivity index (χ4n) is 4.36. The summed E-state index contributed by atoms with van der Waals surface area (Å²) in [5.41, 5.74) is 2.61. The van der Waals surface area contributed by atoms with E-state index in [-0.39, 0.29) is 18.0 Å². The van der Waals surface area contributed by atoms with Gasteiger partial charge in [-0.1, -0.05) is 25.1 Å². The number of pyridine rings is 1. The van der Waals surface area contributed by atoms with Crippen molar-refractivity contribution in [3.63, 3.8) is 0 Å². The summed E-state index contributed by atoms with van der Waals surface area (Å²) in [4.78, 5) is 52.2. The van der Waals surface area contributed by atoms with Crippen LogP contribution in [0.4, 0.5) is 5.69 Å². The maximum atomic E-state index is 13.1. The van der Waals surface area contributed by atoms with Crippen molar-refractivity contribution in [2.45, 2.75) is 25.8 Å². The lowest BCUT2D eigenvalue weighted by molar-refractivity contribution is -0.139. The van der Waals surface area contributed by atoms with E-state index < -0.39 is 23.7 Å². The lowest BCUT2D eigenvalue weighted by Gasteiger charge is -2.26. The summed E-state index contributed by atoms with van der Waals surface area (Å²) in [5.74, 6) is -2.95. The number of phenolic OH excluding ortho intramolecular Hbond substituents is 1. The first kappa shape index (κ1) is 19.9. The standard InChI is InChI=1S/C24H20N4O4/c1-2-4-18(29)20-22(16-9-7-13-5-3-6-19(30)21(13)27-16)28(24(32)23(20)31)14-8-10-15-17(11-14)26-12-25-15/h3,5-12,20,22,30H,2,4H2,1H3,(H,25,26). The SMILES string of the molecule is CCCC(=O)C1C(=O)C(=O)N(c2ccc3nc[nH]c3c2)C1c1ccc2cccc(O)c2n1. The highest BCUT2D eigenvalue weighted by Crippen LogP contribution is 2.41. The van der Waals surface area contributed by atoms with E-state index in [2.05, 4.69) is 15.0 Å². The van der Waals surface area contributed by atoms with Gasteiger partial charge in [-0.15, -0.1) is 0 Å². The summed E-state index contributed by atoms with van der Waals surface area (Å²) in [5, 5.41) is 11.0. The zero-order valence-electron chi connectivity index (χ0n) is 17.3. The van der Waals surface area contributed by atoms with Crippen molar-refractivity contribution in [3.8, 4) is 5.75 Å².